The molecule has 0 unspecified atom stereocenters. The zero-order valence-corrected chi connectivity index (χ0v) is 18.7. The molecule has 5 aromatic rings. The first kappa shape index (κ1) is 20.4. The van der Waals surface area contributed by atoms with E-state index >= 15 is 0 Å². The average molecular weight is 463 g/mol. The summed E-state index contributed by atoms with van der Waals surface area (Å²) in [5.74, 6) is 1.19. The Morgan fingerprint density at radius 1 is 1.16 bits per heavy atom. The first-order chi connectivity index (χ1) is 15.7. The van der Waals surface area contributed by atoms with Crippen LogP contribution in [-0.4, -0.2) is 43.9 Å². The molecule has 0 fully saturated rings. The van der Waals surface area contributed by atoms with E-state index in [0.29, 0.717) is 28.1 Å². The van der Waals surface area contributed by atoms with Gasteiger partial charge in [-0.05, 0) is 18.2 Å². The monoisotopic (exact) mass is 462 g/mol. The number of H-pyrrole nitrogens is 1. The van der Waals surface area contributed by atoms with Crippen molar-refractivity contribution in [2.45, 2.75) is 11.6 Å². The number of ether oxygens (including phenoxy) is 1. The molecule has 3 heterocycles. The lowest BCUT2D eigenvalue weighted by atomic mass is 10.2. The van der Waals surface area contributed by atoms with Crippen LogP contribution in [0, 0.1) is 0 Å². The number of hydrogen-bond donors (Lipinski definition) is 2. The van der Waals surface area contributed by atoms with Gasteiger partial charge in [0.2, 0.25) is 11.1 Å². The topological polar surface area (TPSA) is 106 Å². The first-order valence-electron chi connectivity index (χ1n) is 9.83. The molecule has 0 bridgehead atoms. The summed E-state index contributed by atoms with van der Waals surface area (Å²) < 4.78 is 5.25. The molecule has 2 aromatic carbocycles. The maximum Gasteiger partial charge on any atom is 0.226 e. The Morgan fingerprint density at radius 2 is 2.06 bits per heavy atom. The van der Waals surface area contributed by atoms with Gasteiger partial charge in [-0.15, -0.1) is 21.5 Å². The number of carbonyl (C=O) groups excluding carboxylic acids is 1. The molecular weight excluding hydrogens is 444 g/mol. The highest BCUT2D eigenvalue weighted by Crippen LogP contribution is 2.28. The number of fused-ring (bicyclic) bond motifs is 3. The maximum absolute atomic E-state index is 12.3. The molecule has 0 aliphatic rings. The third-order valence-corrected chi connectivity index (χ3v) is 6.38. The van der Waals surface area contributed by atoms with Crippen LogP contribution in [0.25, 0.3) is 33.3 Å². The van der Waals surface area contributed by atoms with Gasteiger partial charge in [0.05, 0.1) is 12.8 Å². The number of methoxy groups -OCH3 is 1. The Bertz CT molecular complexity index is 1410. The van der Waals surface area contributed by atoms with Gasteiger partial charge >= 0.3 is 0 Å². The zero-order chi connectivity index (χ0) is 21.9. The van der Waals surface area contributed by atoms with Crippen LogP contribution < -0.4 is 10.1 Å². The molecule has 1 amide bonds. The van der Waals surface area contributed by atoms with Crippen LogP contribution in [0.15, 0.2) is 59.1 Å². The van der Waals surface area contributed by atoms with E-state index in [4.69, 9.17) is 4.74 Å². The maximum atomic E-state index is 12.3. The standard InChI is InChI=1S/C22H18N6O2S2/c1-30-14-6-4-5-13(11-14)17-12-32-21(24-17)25-18(29)9-10-31-22-26-20-19(27-28-22)15-7-2-3-8-16(15)23-20/h2-8,11-12H,9-10H2,1H3,(H,23,26,28)(H,24,25,29). The number of thiazole rings is 1. The Morgan fingerprint density at radius 3 is 2.97 bits per heavy atom. The number of thioether (sulfide) groups is 1. The van der Waals surface area contributed by atoms with E-state index in [9.17, 15) is 4.79 Å². The summed E-state index contributed by atoms with van der Waals surface area (Å²) in [6.07, 6.45) is 0.312. The van der Waals surface area contributed by atoms with Crippen LogP contribution in [0.3, 0.4) is 0 Å². The van der Waals surface area contributed by atoms with Gasteiger partial charge in [0.15, 0.2) is 10.8 Å². The van der Waals surface area contributed by atoms with E-state index in [1.54, 1.807) is 7.11 Å². The van der Waals surface area contributed by atoms with E-state index in [1.165, 1.54) is 23.1 Å². The molecule has 0 aliphatic carbocycles. The molecule has 10 heteroatoms. The minimum atomic E-state index is -0.108. The van der Waals surface area contributed by atoms with Gasteiger partial charge in [0.25, 0.3) is 0 Å². The predicted octanol–water partition coefficient (Wildman–Crippen LogP) is 4.76. The quantitative estimate of drug-likeness (QED) is 0.336. The zero-order valence-electron chi connectivity index (χ0n) is 17.0. The van der Waals surface area contributed by atoms with E-state index in [2.05, 4.69) is 30.5 Å². The number of rotatable bonds is 7. The largest absolute Gasteiger partial charge is 0.497 e. The van der Waals surface area contributed by atoms with Crippen molar-refractivity contribution in [2.24, 2.45) is 0 Å². The second kappa shape index (κ2) is 8.93. The van der Waals surface area contributed by atoms with Crippen LogP contribution in [0.5, 0.6) is 5.75 Å². The summed E-state index contributed by atoms with van der Waals surface area (Å²) in [6, 6.07) is 15.5. The normalized spacial score (nSPS) is 11.2. The number of hydrogen-bond acceptors (Lipinski definition) is 8. The number of nitrogens with zero attached hydrogens (tertiary/aromatic N) is 4. The summed E-state index contributed by atoms with van der Waals surface area (Å²) in [4.78, 5) is 24.6. The summed E-state index contributed by atoms with van der Waals surface area (Å²) in [7, 11) is 1.63. The van der Waals surface area contributed by atoms with Crippen LogP contribution in [-0.2, 0) is 4.79 Å². The van der Waals surface area contributed by atoms with Crippen LogP contribution >= 0.6 is 23.1 Å². The van der Waals surface area contributed by atoms with E-state index < -0.39 is 0 Å². The molecule has 3 aromatic heterocycles. The van der Waals surface area contributed by atoms with E-state index in [0.717, 1.165) is 33.4 Å². The molecule has 0 aliphatic heterocycles. The van der Waals surface area contributed by atoms with E-state index in [1.807, 2.05) is 53.9 Å². The molecular formula is C22H18N6O2S2. The molecule has 160 valence electrons. The molecule has 5 rings (SSSR count). The fourth-order valence-corrected chi connectivity index (χ4v) is 4.69. The lowest BCUT2D eigenvalue weighted by molar-refractivity contribution is -0.115. The van der Waals surface area contributed by atoms with Crippen molar-refractivity contribution in [1.82, 2.24) is 25.1 Å². The van der Waals surface area contributed by atoms with E-state index in [-0.39, 0.29) is 5.91 Å². The smallest absolute Gasteiger partial charge is 0.226 e. The van der Waals surface area contributed by atoms with Gasteiger partial charge in [0, 0.05) is 34.0 Å². The molecule has 2 N–H and O–H groups in total. The molecule has 0 saturated heterocycles. The second-order valence-electron chi connectivity index (χ2n) is 6.88. The van der Waals surface area contributed by atoms with Gasteiger partial charge < -0.3 is 15.0 Å². The number of amides is 1. The van der Waals surface area contributed by atoms with Crippen LogP contribution in [0.4, 0.5) is 5.13 Å². The van der Waals surface area contributed by atoms with Crippen molar-refractivity contribution in [3.8, 4) is 17.0 Å². The van der Waals surface area contributed by atoms with Crippen molar-refractivity contribution < 1.29 is 9.53 Å². The first-order valence-corrected chi connectivity index (χ1v) is 11.7. The Hall–Kier alpha value is -3.50. The van der Waals surface area contributed by atoms with Crippen molar-refractivity contribution >= 4 is 56.2 Å². The van der Waals surface area contributed by atoms with Crippen LogP contribution in [0.1, 0.15) is 6.42 Å². The van der Waals surface area contributed by atoms with Crippen LogP contribution in [0.2, 0.25) is 0 Å². The Balaban J connectivity index is 1.18. The van der Waals surface area contributed by atoms with Gasteiger partial charge in [-0.2, -0.15) is 0 Å². The number of aromatic nitrogens is 5. The molecule has 0 spiro atoms. The summed E-state index contributed by atoms with van der Waals surface area (Å²) in [6.45, 7) is 0. The highest BCUT2D eigenvalue weighted by molar-refractivity contribution is 7.99. The number of benzene rings is 2. The van der Waals surface area contributed by atoms with Crippen molar-refractivity contribution in [3.05, 3.63) is 53.9 Å². The highest BCUT2D eigenvalue weighted by Gasteiger charge is 2.11. The Kier molecular flexibility index (Phi) is 5.70. The number of carbonyl (C=O) groups is 1. The number of aromatic amines is 1. The molecule has 0 radical (unpaired) electrons. The lowest BCUT2D eigenvalue weighted by Crippen LogP contribution is -2.12. The third-order valence-electron chi connectivity index (χ3n) is 4.78. The Labute approximate surface area is 191 Å². The second-order valence-corrected chi connectivity index (χ2v) is 8.80. The minimum absolute atomic E-state index is 0.108. The van der Waals surface area contributed by atoms with Crippen molar-refractivity contribution in [3.63, 3.8) is 0 Å². The predicted molar refractivity (Wildman–Crippen MR) is 127 cm³/mol. The SMILES string of the molecule is COc1cccc(-c2csc(NC(=O)CCSc3nnc4c(n3)[nH]c3ccccc34)n2)c1. The summed E-state index contributed by atoms with van der Waals surface area (Å²) in [5.41, 5.74) is 4.15. The van der Waals surface area contributed by atoms with Crippen molar-refractivity contribution in [1.29, 1.82) is 0 Å². The van der Waals surface area contributed by atoms with Gasteiger partial charge in [0.1, 0.15) is 11.3 Å². The van der Waals surface area contributed by atoms with Crippen molar-refractivity contribution in [2.75, 3.05) is 18.2 Å². The number of nitrogens with one attached hydrogen (secondary N) is 2. The van der Waals surface area contributed by atoms with Gasteiger partial charge in [-0.3, -0.25) is 4.79 Å². The molecule has 0 atom stereocenters. The minimum Gasteiger partial charge on any atom is -0.497 e. The summed E-state index contributed by atoms with van der Waals surface area (Å²) >= 11 is 2.78. The fraction of sp³-hybridized carbons (Fsp3) is 0.136. The van der Waals surface area contributed by atoms with Gasteiger partial charge in [-0.1, -0.05) is 42.1 Å². The molecule has 8 nitrogen and oxygen atoms in total. The lowest BCUT2D eigenvalue weighted by Gasteiger charge is -2.02. The third kappa shape index (κ3) is 4.27. The highest BCUT2D eigenvalue weighted by atomic mass is 32.2. The fourth-order valence-electron chi connectivity index (χ4n) is 3.23. The number of anilines is 1. The molecule has 32 heavy (non-hydrogen) atoms. The average Bonchev–Trinajstić information content (AvgIpc) is 3.43. The molecule has 0 saturated carbocycles. The number of para-hydroxylation sites is 1. The summed E-state index contributed by atoms with van der Waals surface area (Å²) in [5, 5.41) is 15.3. The van der Waals surface area contributed by atoms with Gasteiger partial charge in [-0.25, -0.2) is 9.97 Å².